The second-order valence-corrected chi connectivity index (χ2v) is 6.29. The number of nitrogens with two attached hydrogens (primary N) is 1. The fourth-order valence-corrected chi connectivity index (χ4v) is 3.22. The first-order valence-electron chi connectivity index (χ1n) is 8.57. The molecule has 2 aromatic carbocycles. The molecule has 26 heavy (non-hydrogen) atoms. The maximum atomic E-state index is 12.9. The highest BCUT2D eigenvalue weighted by Crippen LogP contribution is 2.27. The lowest BCUT2D eigenvalue weighted by molar-refractivity contribution is -0.134. The van der Waals surface area contributed by atoms with Crippen LogP contribution < -0.4 is 11.1 Å². The average Bonchev–Trinajstić information content (AvgIpc) is 2.84. The molecule has 0 radical (unpaired) electrons. The van der Waals surface area contributed by atoms with E-state index in [-0.39, 0.29) is 49.1 Å². The zero-order valence-electron chi connectivity index (χ0n) is 14.5. The van der Waals surface area contributed by atoms with Gasteiger partial charge in [0.1, 0.15) is 0 Å². The molecule has 0 spiro atoms. The van der Waals surface area contributed by atoms with E-state index in [2.05, 4.69) is 5.32 Å². The van der Waals surface area contributed by atoms with Crippen LogP contribution in [0.25, 0.3) is 0 Å². The van der Waals surface area contributed by atoms with Crippen LogP contribution in [-0.4, -0.2) is 29.8 Å². The number of benzene rings is 2. The predicted molar refractivity (Wildman–Crippen MR) is 104 cm³/mol. The van der Waals surface area contributed by atoms with Gasteiger partial charge in [-0.15, -0.1) is 12.4 Å². The highest BCUT2D eigenvalue weighted by Gasteiger charge is 2.30. The summed E-state index contributed by atoms with van der Waals surface area (Å²) in [6.45, 7) is 0.958. The lowest BCUT2D eigenvalue weighted by atomic mass is 9.99. The number of carbonyl (C=O) groups is 2. The maximum absolute atomic E-state index is 12.9. The molecule has 1 heterocycles. The largest absolute Gasteiger partial charge is 0.354 e. The van der Waals surface area contributed by atoms with Crippen molar-refractivity contribution in [2.45, 2.75) is 24.9 Å². The van der Waals surface area contributed by atoms with Gasteiger partial charge in [-0.1, -0.05) is 60.7 Å². The lowest BCUT2D eigenvalue weighted by Gasteiger charge is -2.30. The summed E-state index contributed by atoms with van der Waals surface area (Å²) in [7, 11) is 0. The second-order valence-electron chi connectivity index (χ2n) is 6.29. The molecule has 2 unspecified atom stereocenters. The van der Waals surface area contributed by atoms with Crippen LogP contribution in [0.1, 0.15) is 36.1 Å². The van der Waals surface area contributed by atoms with E-state index >= 15 is 0 Å². The molecular formula is C20H24ClN3O2. The molecule has 3 rings (SSSR count). The number of amides is 2. The van der Waals surface area contributed by atoms with Crippen molar-refractivity contribution in [2.24, 2.45) is 5.73 Å². The molecular weight excluding hydrogens is 350 g/mol. The predicted octanol–water partition coefficient (Wildman–Crippen LogP) is 2.59. The summed E-state index contributed by atoms with van der Waals surface area (Å²) in [5, 5.41) is 2.85. The van der Waals surface area contributed by atoms with Gasteiger partial charge in [-0.25, -0.2) is 0 Å². The Labute approximate surface area is 160 Å². The third-order valence-corrected chi connectivity index (χ3v) is 4.56. The lowest BCUT2D eigenvalue weighted by Crippen LogP contribution is -2.38. The van der Waals surface area contributed by atoms with E-state index in [9.17, 15) is 9.59 Å². The summed E-state index contributed by atoms with van der Waals surface area (Å²) in [6.07, 6.45) is 0.498. The SMILES string of the molecule is Cl.NC(CC(=O)N1CCNC(=O)CC1c1ccccc1)c1ccccc1. The number of rotatable bonds is 4. The molecule has 2 atom stereocenters. The molecule has 0 aliphatic carbocycles. The molecule has 1 saturated heterocycles. The Bertz CT molecular complexity index is 724. The highest BCUT2D eigenvalue weighted by molar-refractivity contribution is 5.85. The number of nitrogens with one attached hydrogen (secondary N) is 1. The Balaban J connectivity index is 0.00000243. The Kier molecular flexibility index (Phi) is 7.18. The van der Waals surface area contributed by atoms with Gasteiger partial charge in [0.25, 0.3) is 0 Å². The molecule has 0 bridgehead atoms. The van der Waals surface area contributed by atoms with Gasteiger partial charge >= 0.3 is 0 Å². The van der Waals surface area contributed by atoms with E-state index in [1.807, 2.05) is 60.7 Å². The van der Waals surface area contributed by atoms with Crippen molar-refractivity contribution >= 4 is 24.2 Å². The molecule has 2 aromatic rings. The van der Waals surface area contributed by atoms with Crippen LogP contribution in [0.2, 0.25) is 0 Å². The molecule has 1 aliphatic rings. The van der Waals surface area contributed by atoms with Crippen LogP contribution in [0.15, 0.2) is 60.7 Å². The molecule has 138 valence electrons. The normalized spacial score (nSPS) is 18.3. The molecule has 2 amide bonds. The van der Waals surface area contributed by atoms with Crippen LogP contribution in [0.3, 0.4) is 0 Å². The number of hydrogen-bond donors (Lipinski definition) is 2. The average molecular weight is 374 g/mol. The minimum atomic E-state index is -0.350. The number of halogens is 1. The summed E-state index contributed by atoms with van der Waals surface area (Å²) in [6, 6.07) is 18.7. The van der Waals surface area contributed by atoms with Gasteiger partial charge in [-0.3, -0.25) is 9.59 Å². The topological polar surface area (TPSA) is 75.4 Å². The number of nitrogens with zero attached hydrogens (tertiary/aromatic N) is 1. The Morgan fingerprint density at radius 1 is 1.12 bits per heavy atom. The van der Waals surface area contributed by atoms with E-state index in [0.717, 1.165) is 11.1 Å². The third-order valence-electron chi connectivity index (χ3n) is 4.56. The van der Waals surface area contributed by atoms with Crippen molar-refractivity contribution in [3.8, 4) is 0 Å². The Morgan fingerprint density at radius 3 is 2.38 bits per heavy atom. The van der Waals surface area contributed by atoms with E-state index in [1.54, 1.807) is 4.90 Å². The van der Waals surface area contributed by atoms with Crippen molar-refractivity contribution in [1.29, 1.82) is 0 Å². The fraction of sp³-hybridized carbons (Fsp3) is 0.300. The maximum Gasteiger partial charge on any atom is 0.225 e. The van der Waals surface area contributed by atoms with E-state index < -0.39 is 0 Å². The first kappa shape index (κ1) is 19.9. The van der Waals surface area contributed by atoms with E-state index in [4.69, 9.17) is 5.73 Å². The minimum absolute atomic E-state index is 0. The van der Waals surface area contributed by atoms with Crippen molar-refractivity contribution in [3.63, 3.8) is 0 Å². The van der Waals surface area contributed by atoms with Gasteiger partial charge in [0, 0.05) is 25.6 Å². The Morgan fingerprint density at radius 2 is 1.73 bits per heavy atom. The number of hydrogen-bond acceptors (Lipinski definition) is 3. The quantitative estimate of drug-likeness (QED) is 0.864. The standard InChI is InChI=1S/C20H23N3O2.ClH/c21-17(15-7-3-1-4-8-15)13-20(25)23-12-11-22-19(24)14-18(23)16-9-5-2-6-10-16;/h1-10,17-18H,11-14,21H2,(H,22,24);1H. The van der Waals surface area contributed by atoms with Crippen LogP contribution >= 0.6 is 12.4 Å². The van der Waals surface area contributed by atoms with Gasteiger partial charge in [0.2, 0.25) is 11.8 Å². The highest BCUT2D eigenvalue weighted by atomic mass is 35.5. The van der Waals surface area contributed by atoms with Crippen LogP contribution in [0.5, 0.6) is 0 Å². The Hall–Kier alpha value is -2.37. The zero-order valence-corrected chi connectivity index (χ0v) is 15.3. The fourth-order valence-electron chi connectivity index (χ4n) is 3.22. The summed E-state index contributed by atoms with van der Waals surface area (Å²) < 4.78 is 0. The molecule has 1 aliphatic heterocycles. The van der Waals surface area contributed by atoms with Gasteiger partial charge in [0.15, 0.2) is 0 Å². The van der Waals surface area contributed by atoms with Crippen molar-refractivity contribution in [3.05, 3.63) is 71.8 Å². The molecule has 0 saturated carbocycles. The summed E-state index contributed by atoms with van der Waals surface area (Å²) in [5.74, 6) is -0.0572. The van der Waals surface area contributed by atoms with E-state index in [1.165, 1.54) is 0 Å². The first-order valence-corrected chi connectivity index (χ1v) is 8.57. The van der Waals surface area contributed by atoms with Gasteiger partial charge in [-0.05, 0) is 11.1 Å². The minimum Gasteiger partial charge on any atom is -0.354 e. The van der Waals surface area contributed by atoms with Crippen molar-refractivity contribution in [1.82, 2.24) is 10.2 Å². The van der Waals surface area contributed by atoms with Crippen molar-refractivity contribution in [2.75, 3.05) is 13.1 Å². The summed E-state index contributed by atoms with van der Waals surface area (Å²) >= 11 is 0. The monoisotopic (exact) mass is 373 g/mol. The van der Waals surface area contributed by atoms with Crippen LogP contribution in [-0.2, 0) is 9.59 Å². The summed E-state index contributed by atoms with van der Waals surface area (Å²) in [4.78, 5) is 26.7. The molecule has 0 aromatic heterocycles. The zero-order chi connectivity index (χ0) is 17.6. The molecule has 5 nitrogen and oxygen atoms in total. The van der Waals surface area contributed by atoms with Crippen LogP contribution in [0, 0.1) is 0 Å². The molecule has 3 N–H and O–H groups in total. The van der Waals surface area contributed by atoms with Gasteiger partial charge in [0.05, 0.1) is 12.5 Å². The third kappa shape index (κ3) is 4.84. The van der Waals surface area contributed by atoms with Gasteiger partial charge < -0.3 is 16.0 Å². The number of carbonyl (C=O) groups excluding carboxylic acids is 2. The van der Waals surface area contributed by atoms with Crippen molar-refractivity contribution < 1.29 is 9.59 Å². The first-order chi connectivity index (χ1) is 12.1. The summed E-state index contributed by atoms with van der Waals surface area (Å²) in [5.41, 5.74) is 8.14. The van der Waals surface area contributed by atoms with Gasteiger partial charge in [-0.2, -0.15) is 0 Å². The smallest absolute Gasteiger partial charge is 0.225 e. The van der Waals surface area contributed by atoms with Crippen LogP contribution in [0.4, 0.5) is 0 Å². The molecule has 6 heteroatoms. The second kappa shape index (κ2) is 9.36. The van der Waals surface area contributed by atoms with E-state index in [0.29, 0.717) is 13.1 Å². The molecule has 1 fully saturated rings.